The van der Waals surface area contributed by atoms with Crippen LogP contribution < -0.4 is 4.90 Å². The third kappa shape index (κ3) is 2.58. The van der Waals surface area contributed by atoms with Crippen molar-refractivity contribution in [2.24, 2.45) is 0 Å². The highest BCUT2D eigenvalue weighted by Crippen LogP contribution is 2.44. The number of benzene rings is 3. The van der Waals surface area contributed by atoms with E-state index in [1.54, 1.807) is 0 Å². The molecule has 0 saturated heterocycles. The molecule has 0 aromatic heterocycles. The summed E-state index contributed by atoms with van der Waals surface area (Å²) in [6, 6.07) is 23.7. The van der Waals surface area contributed by atoms with E-state index in [1.807, 2.05) is 65.6 Å². The summed E-state index contributed by atoms with van der Waals surface area (Å²) >= 11 is 0. The minimum atomic E-state index is 0.00450. The fourth-order valence-corrected chi connectivity index (χ4v) is 4.33. The van der Waals surface area contributed by atoms with Crippen molar-refractivity contribution < 1.29 is 9.59 Å². The normalized spacial score (nSPS) is 17.7. The molecule has 2 aliphatic rings. The molecule has 27 heavy (non-hydrogen) atoms. The third-order valence-corrected chi connectivity index (χ3v) is 5.69. The van der Waals surface area contributed by atoms with Crippen LogP contribution in [-0.2, 0) is 0 Å². The Labute approximate surface area is 158 Å². The van der Waals surface area contributed by atoms with Gasteiger partial charge in [0.05, 0.1) is 0 Å². The number of carbonyl (C=O) groups excluding carboxylic acids is 2. The number of ketones is 1. The number of carbonyl (C=O) groups is 2. The van der Waals surface area contributed by atoms with Gasteiger partial charge in [0.25, 0.3) is 5.91 Å². The molecule has 3 nitrogen and oxygen atoms in total. The second kappa shape index (κ2) is 6.20. The standard InChI is InChI=1S/C24H19NO2/c26-22-14-13-19-15-25(21-8-4-7-20(22)23(19)21)24(27)18-11-9-17(10-12-18)16-5-2-1-3-6-16/h1-12,19H,13-15H2. The Morgan fingerprint density at radius 1 is 0.852 bits per heavy atom. The van der Waals surface area contributed by atoms with E-state index in [0.29, 0.717) is 18.5 Å². The van der Waals surface area contributed by atoms with Crippen LogP contribution in [0.5, 0.6) is 0 Å². The second-order valence-corrected chi connectivity index (χ2v) is 7.26. The van der Waals surface area contributed by atoms with Crippen LogP contribution in [0.15, 0.2) is 72.8 Å². The zero-order valence-corrected chi connectivity index (χ0v) is 14.9. The molecule has 0 saturated carbocycles. The molecule has 1 heterocycles. The van der Waals surface area contributed by atoms with Gasteiger partial charge in [-0.3, -0.25) is 9.59 Å². The molecular weight excluding hydrogens is 334 g/mol. The van der Waals surface area contributed by atoms with Gasteiger partial charge in [-0.05, 0) is 41.3 Å². The zero-order valence-electron chi connectivity index (χ0n) is 14.9. The van der Waals surface area contributed by atoms with Crippen molar-refractivity contribution in [3.8, 4) is 11.1 Å². The predicted molar refractivity (Wildman–Crippen MR) is 106 cm³/mol. The fourth-order valence-electron chi connectivity index (χ4n) is 4.33. The second-order valence-electron chi connectivity index (χ2n) is 7.26. The van der Waals surface area contributed by atoms with E-state index >= 15 is 0 Å². The molecule has 132 valence electrons. The molecule has 0 fully saturated rings. The van der Waals surface area contributed by atoms with Crippen LogP contribution in [0.2, 0.25) is 0 Å². The van der Waals surface area contributed by atoms with Crippen LogP contribution in [0.1, 0.15) is 45.0 Å². The van der Waals surface area contributed by atoms with Crippen molar-refractivity contribution in [1.29, 1.82) is 0 Å². The molecule has 1 amide bonds. The molecule has 1 atom stereocenters. The smallest absolute Gasteiger partial charge is 0.258 e. The summed E-state index contributed by atoms with van der Waals surface area (Å²) in [6.45, 7) is 0.666. The Kier molecular flexibility index (Phi) is 3.68. The van der Waals surface area contributed by atoms with Crippen molar-refractivity contribution >= 4 is 17.4 Å². The predicted octanol–water partition coefficient (Wildman–Crippen LogP) is 5.07. The first kappa shape index (κ1) is 16.0. The molecule has 0 bridgehead atoms. The van der Waals surface area contributed by atoms with Crippen LogP contribution in [-0.4, -0.2) is 18.2 Å². The largest absolute Gasteiger partial charge is 0.307 e. The zero-order chi connectivity index (χ0) is 18.4. The molecule has 5 rings (SSSR count). The van der Waals surface area contributed by atoms with Crippen LogP contribution in [0.25, 0.3) is 11.1 Å². The highest BCUT2D eigenvalue weighted by Gasteiger charge is 2.38. The number of nitrogens with zero attached hydrogens (tertiary/aromatic N) is 1. The molecule has 1 aliphatic heterocycles. The lowest BCUT2D eigenvalue weighted by Crippen LogP contribution is -2.29. The molecule has 3 heteroatoms. The maximum atomic E-state index is 13.2. The molecular formula is C24H19NO2. The molecule has 0 radical (unpaired) electrons. The van der Waals surface area contributed by atoms with Gasteiger partial charge in [-0.1, -0.05) is 54.6 Å². The van der Waals surface area contributed by atoms with Crippen LogP contribution in [0.3, 0.4) is 0 Å². The number of Topliss-reactive ketones (excluding diaryl/α,β-unsaturated/α-hetero) is 1. The van der Waals surface area contributed by atoms with Crippen molar-refractivity contribution in [3.63, 3.8) is 0 Å². The molecule has 3 aromatic carbocycles. The third-order valence-electron chi connectivity index (χ3n) is 5.69. The average molecular weight is 353 g/mol. The lowest BCUT2D eigenvalue weighted by molar-refractivity contribution is 0.0968. The van der Waals surface area contributed by atoms with E-state index in [1.165, 1.54) is 0 Å². The van der Waals surface area contributed by atoms with Gasteiger partial charge in [-0.15, -0.1) is 0 Å². The lowest BCUT2D eigenvalue weighted by Gasteiger charge is -2.18. The highest BCUT2D eigenvalue weighted by atomic mass is 16.2. The van der Waals surface area contributed by atoms with Crippen molar-refractivity contribution in [3.05, 3.63) is 89.5 Å². The van der Waals surface area contributed by atoms with Crippen LogP contribution in [0.4, 0.5) is 5.69 Å². The van der Waals surface area contributed by atoms with Gasteiger partial charge in [0.1, 0.15) is 0 Å². The van der Waals surface area contributed by atoms with Crippen molar-refractivity contribution in [1.82, 2.24) is 0 Å². The summed E-state index contributed by atoms with van der Waals surface area (Å²) in [4.78, 5) is 27.2. The minimum Gasteiger partial charge on any atom is -0.307 e. The van der Waals surface area contributed by atoms with E-state index in [0.717, 1.165) is 34.4 Å². The highest BCUT2D eigenvalue weighted by molar-refractivity contribution is 6.10. The maximum Gasteiger partial charge on any atom is 0.258 e. The summed E-state index contributed by atoms with van der Waals surface area (Å²) in [6.07, 6.45) is 1.41. The molecule has 1 unspecified atom stereocenters. The van der Waals surface area contributed by atoms with E-state index < -0.39 is 0 Å². The Bertz CT molecular complexity index is 1040. The van der Waals surface area contributed by atoms with Gasteiger partial charge in [-0.2, -0.15) is 0 Å². The summed E-state index contributed by atoms with van der Waals surface area (Å²) in [5.74, 6) is 0.482. The van der Waals surface area contributed by atoms with Gasteiger partial charge in [0, 0.05) is 35.7 Å². The average Bonchev–Trinajstić information content (AvgIpc) is 3.11. The Balaban J connectivity index is 1.47. The van der Waals surface area contributed by atoms with Gasteiger partial charge < -0.3 is 4.90 Å². The quantitative estimate of drug-likeness (QED) is 0.645. The fraction of sp³-hybridized carbons (Fsp3) is 0.167. The van der Waals surface area contributed by atoms with E-state index in [4.69, 9.17) is 0 Å². The number of amides is 1. The molecule has 1 aliphatic carbocycles. The Morgan fingerprint density at radius 2 is 1.59 bits per heavy atom. The summed E-state index contributed by atoms with van der Waals surface area (Å²) < 4.78 is 0. The summed E-state index contributed by atoms with van der Waals surface area (Å²) in [7, 11) is 0. The maximum absolute atomic E-state index is 13.2. The molecule has 3 aromatic rings. The Hall–Kier alpha value is -3.20. The first-order valence-corrected chi connectivity index (χ1v) is 9.36. The van der Waals surface area contributed by atoms with Crippen LogP contribution in [0, 0.1) is 0 Å². The van der Waals surface area contributed by atoms with Gasteiger partial charge in [0.15, 0.2) is 5.78 Å². The summed E-state index contributed by atoms with van der Waals surface area (Å²) in [5.41, 5.74) is 5.69. The van der Waals surface area contributed by atoms with Gasteiger partial charge >= 0.3 is 0 Å². The van der Waals surface area contributed by atoms with Gasteiger partial charge in [-0.25, -0.2) is 0 Å². The lowest BCUT2D eigenvalue weighted by atomic mass is 9.83. The van der Waals surface area contributed by atoms with E-state index in [2.05, 4.69) is 12.1 Å². The summed E-state index contributed by atoms with van der Waals surface area (Å²) in [5, 5.41) is 0. The monoisotopic (exact) mass is 353 g/mol. The van der Waals surface area contributed by atoms with E-state index in [-0.39, 0.29) is 17.6 Å². The number of anilines is 1. The SMILES string of the molecule is O=C1CCC2CN(C(=O)c3ccc(-c4ccccc4)cc3)c3cccc1c32. The first-order valence-electron chi connectivity index (χ1n) is 9.36. The topological polar surface area (TPSA) is 37.4 Å². The molecule has 0 spiro atoms. The van der Waals surface area contributed by atoms with Crippen LogP contribution >= 0.6 is 0 Å². The van der Waals surface area contributed by atoms with Crippen molar-refractivity contribution in [2.45, 2.75) is 18.8 Å². The Morgan fingerprint density at radius 3 is 2.37 bits per heavy atom. The van der Waals surface area contributed by atoms with Gasteiger partial charge in [0.2, 0.25) is 0 Å². The number of rotatable bonds is 2. The minimum absolute atomic E-state index is 0.00450. The van der Waals surface area contributed by atoms with E-state index in [9.17, 15) is 9.59 Å². The number of hydrogen-bond acceptors (Lipinski definition) is 2. The molecule has 0 N–H and O–H groups in total. The first-order chi connectivity index (χ1) is 13.2. The number of hydrogen-bond donors (Lipinski definition) is 0. The van der Waals surface area contributed by atoms with Crippen molar-refractivity contribution in [2.75, 3.05) is 11.4 Å².